The van der Waals surface area contributed by atoms with Crippen molar-refractivity contribution in [1.82, 2.24) is 14.9 Å². The molecule has 0 saturated carbocycles. The van der Waals surface area contributed by atoms with Crippen molar-refractivity contribution in [2.75, 3.05) is 33.4 Å². The zero-order valence-electron chi connectivity index (χ0n) is 13.4. The zero-order valence-corrected chi connectivity index (χ0v) is 13.4. The summed E-state index contributed by atoms with van der Waals surface area (Å²) in [5.74, 6) is 1.40. The molecule has 1 aliphatic heterocycles. The monoisotopic (exact) mass is 317 g/mol. The van der Waals surface area contributed by atoms with Crippen LogP contribution < -0.4 is 9.47 Å². The molecule has 0 unspecified atom stereocenters. The van der Waals surface area contributed by atoms with E-state index in [9.17, 15) is 5.11 Å². The summed E-state index contributed by atoms with van der Waals surface area (Å²) in [6.07, 6.45) is 6.47. The number of aliphatic hydroxyl groups is 1. The molecule has 124 valence electrons. The third-order valence-corrected chi connectivity index (χ3v) is 4.35. The number of likely N-dealkylation sites (tertiary alicyclic amines) is 1. The average Bonchev–Trinajstić information content (AvgIpc) is 3.05. The molecule has 2 aromatic rings. The van der Waals surface area contributed by atoms with E-state index in [0.29, 0.717) is 24.1 Å². The van der Waals surface area contributed by atoms with Gasteiger partial charge in [0.1, 0.15) is 6.33 Å². The van der Waals surface area contributed by atoms with Crippen LogP contribution in [-0.4, -0.2) is 59.4 Å². The van der Waals surface area contributed by atoms with E-state index < -0.39 is 0 Å². The van der Waals surface area contributed by atoms with E-state index in [-0.39, 0.29) is 6.61 Å². The molecule has 0 amide bonds. The van der Waals surface area contributed by atoms with Crippen molar-refractivity contribution in [1.29, 1.82) is 0 Å². The Morgan fingerprint density at radius 2 is 2.26 bits per heavy atom. The molecule has 1 atom stereocenters. The van der Waals surface area contributed by atoms with Crippen LogP contribution in [0.4, 0.5) is 0 Å². The summed E-state index contributed by atoms with van der Waals surface area (Å²) in [4.78, 5) is 10.6. The van der Waals surface area contributed by atoms with Crippen LogP contribution in [0.1, 0.15) is 19.3 Å². The molecule has 1 N–H and O–H groups in total. The smallest absolute Gasteiger partial charge is 0.163 e. The highest BCUT2D eigenvalue weighted by Gasteiger charge is 2.22. The van der Waals surface area contributed by atoms with Crippen molar-refractivity contribution in [3.8, 4) is 11.5 Å². The third-order valence-electron chi connectivity index (χ3n) is 4.35. The van der Waals surface area contributed by atoms with E-state index in [1.807, 2.05) is 12.1 Å². The summed E-state index contributed by atoms with van der Waals surface area (Å²) in [6.45, 7) is 2.88. The van der Waals surface area contributed by atoms with Crippen LogP contribution in [0.5, 0.6) is 11.5 Å². The zero-order chi connectivity index (χ0) is 16.1. The number of hydrogen-bond acceptors (Lipinski definition) is 6. The predicted octanol–water partition coefficient (Wildman–Crippen LogP) is 1.86. The van der Waals surface area contributed by atoms with Crippen LogP contribution in [-0.2, 0) is 0 Å². The molecule has 1 fully saturated rings. The van der Waals surface area contributed by atoms with Gasteiger partial charge in [-0.2, -0.15) is 0 Å². The largest absolute Gasteiger partial charge is 0.493 e. The number of rotatable bonds is 7. The maximum absolute atomic E-state index is 9.34. The van der Waals surface area contributed by atoms with Crippen molar-refractivity contribution < 1.29 is 14.6 Å². The molecule has 6 heteroatoms. The predicted molar refractivity (Wildman–Crippen MR) is 87.9 cm³/mol. The Bertz CT molecular complexity index is 650. The van der Waals surface area contributed by atoms with Crippen LogP contribution in [0.25, 0.3) is 10.9 Å². The second-order valence-electron chi connectivity index (χ2n) is 5.80. The molecule has 0 bridgehead atoms. The number of benzene rings is 1. The minimum absolute atomic E-state index is 0.249. The Kier molecular flexibility index (Phi) is 5.25. The maximum atomic E-state index is 9.34. The Labute approximate surface area is 136 Å². The number of aliphatic hydroxyl groups excluding tert-OH is 1. The molecule has 1 saturated heterocycles. The molecule has 2 heterocycles. The number of hydrogen-bond donors (Lipinski definition) is 1. The van der Waals surface area contributed by atoms with Gasteiger partial charge in [-0.25, -0.2) is 9.97 Å². The van der Waals surface area contributed by atoms with Crippen LogP contribution in [0.2, 0.25) is 0 Å². The highest BCUT2D eigenvalue weighted by Crippen LogP contribution is 2.31. The lowest BCUT2D eigenvalue weighted by molar-refractivity contribution is 0.150. The number of methoxy groups -OCH3 is 1. The molecule has 1 aliphatic rings. The summed E-state index contributed by atoms with van der Waals surface area (Å²) in [5, 5.41) is 10.3. The maximum Gasteiger partial charge on any atom is 0.163 e. The van der Waals surface area contributed by atoms with E-state index in [1.54, 1.807) is 13.3 Å². The topological polar surface area (TPSA) is 67.7 Å². The molecule has 1 aromatic carbocycles. The van der Waals surface area contributed by atoms with Crippen LogP contribution in [0.3, 0.4) is 0 Å². The number of ether oxygens (including phenoxy) is 2. The highest BCUT2D eigenvalue weighted by molar-refractivity contribution is 5.81. The first-order valence-electron chi connectivity index (χ1n) is 8.07. The van der Waals surface area contributed by atoms with Crippen molar-refractivity contribution >= 4 is 10.9 Å². The summed E-state index contributed by atoms with van der Waals surface area (Å²) < 4.78 is 11.3. The Hall–Kier alpha value is -1.92. The van der Waals surface area contributed by atoms with Gasteiger partial charge < -0.3 is 14.6 Å². The quantitative estimate of drug-likeness (QED) is 0.786. The normalized spacial score (nSPS) is 18.4. The van der Waals surface area contributed by atoms with Gasteiger partial charge in [-0.1, -0.05) is 0 Å². The standard InChI is InChI=1S/C17H23N3O3/c1-22-16-8-13-10-18-12-19-15(13)9-17(16)23-7-3-6-20-5-2-4-14(20)11-21/h8-10,12,14,21H,2-7,11H2,1H3/t14-/m1/s1. The Balaban J connectivity index is 1.58. The lowest BCUT2D eigenvalue weighted by Gasteiger charge is -2.22. The molecule has 1 aromatic heterocycles. The third kappa shape index (κ3) is 3.71. The molecule has 6 nitrogen and oxygen atoms in total. The van der Waals surface area contributed by atoms with Gasteiger partial charge in [-0.05, 0) is 31.9 Å². The van der Waals surface area contributed by atoms with Crippen molar-refractivity contribution in [3.63, 3.8) is 0 Å². The molecule has 23 heavy (non-hydrogen) atoms. The lowest BCUT2D eigenvalue weighted by atomic mass is 10.2. The van der Waals surface area contributed by atoms with E-state index in [2.05, 4.69) is 14.9 Å². The number of aromatic nitrogens is 2. The van der Waals surface area contributed by atoms with Gasteiger partial charge >= 0.3 is 0 Å². The summed E-state index contributed by atoms with van der Waals surface area (Å²) >= 11 is 0. The van der Waals surface area contributed by atoms with E-state index in [0.717, 1.165) is 36.8 Å². The van der Waals surface area contributed by atoms with E-state index in [4.69, 9.17) is 9.47 Å². The summed E-state index contributed by atoms with van der Waals surface area (Å²) in [5.41, 5.74) is 0.843. The Morgan fingerprint density at radius 1 is 1.35 bits per heavy atom. The van der Waals surface area contributed by atoms with Gasteiger partial charge in [0.05, 0.1) is 25.8 Å². The molecular weight excluding hydrogens is 294 g/mol. The first kappa shape index (κ1) is 16.0. The van der Waals surface area contributed by atoms with Crippen molar-refractivity contribution in [2.45, 2.75) is 25.3 Å². The van der Waals surface area contributed by atoms with Gasteiger partial charge in [-0.15, -0.1) is 0 Å². The SMILES string of the molecule is COc1cc2cncnc2cc1OCCCN1CCC[C@@H]1CO. The first-order chi connectivity index (χ1) is 11.3. The number of nitrogens with zero attached hydrogens (tertiary/aromatic N) is 3. The van der Waals surface area contributed by atoms with E-state index >= 15 is 0 Å². The van der Waals surface area contributed by atoms with Gasteiger partial charge in [0.25, 0.3) is 0 Å². The second kappa shape index (κ2) is 7.57. The van der Waals surface area contributed by atoms with Crippen LogP contribution in [0.15, 0.2) is 24.7 Å². The first-order valence-corrected chi connectivity index (χ1v) is 8.07. The minimum atomic E-state index is 0.249. The van der Waals surface area contributed by atoms with Crippen molar-refractivity contribution in [2.24, 2.45) is 0 Å². The molecule has 0 spiro atoms. The van der Waals surface area contributed by atoms with Crippen molar-refractivity contribution in [3.05, 3.63) is 24.7 Å². The van der Waals surface area contributed by atoms with Gasteiger partial charge in [0.2, 0.25) is 0 Å². The Morgan fingerprint density at radius 3 is 3.09 bits per heavy atom. The van der Waals surface area contributed by atoms with Crippen LogP contribution >= 0.6 is 0 Å². The summed E-state index contributed by atoms with van der Waals surface area (Å²) in [6, 6.07) is 4.11. The highest BCUT2D eigenvalue weighted by atomic mass is 16.5. The fraction of sp³-hybridized carbons (Fsp3) is 0.529. The fourth-order valence-electron chi connectivity index (χ4n) is 3.11. The van der Waals surface area contributed by atoms with Gasteiger partial charge in [0.15, 0.2) is 11.5 Å². The molecule has 3 rings (SSSR count). The number of fused-ring (bicyclic) bond motifs is 1. The molecular formula is C17H23N3O3. The van der Waals surface area contributed by atoms with E-state index in [1.165, 1.54) is 12.7 Å². The lowest BCUT2D eigenvalue weighted by Crippen LogP contribution is -2.33. The summed E-state index contributed by atoms with van der Waals surface area (Å²) in [7, 11) is 1.63. The minimum Gasteiger partial charge on any atom is -0.493 e. The van der Waals surface area contributed by atoms with Gasteiger partial charge in [-0.3, -0.25) is 4.90 Å². The molecule has 0 radical (unpaired) electrons. The fourth-order valence-corrected chi connectivity index (χ4v) is 3.11. The average molecular weight is 317 g/mol. The van der Waals surface area contributed by atoms with Crippen LogP contribution in [0, 0.1) is 0 Å². The second-order valence-corrected chi connectivity index (χ2v) is 5.80. The molecule has 0 aliphatic carbocycles. The van der Waals surface area contributed by atoms with Gasteiger partial charge in [0, 0.05) is 30.2 Å².